The van der Waals surface area contributed by atoms with Crippen LogP contribution in [0.25, 0.3) is 0 Å². The Hall–Kier alpha value is -1.00. The molecule has 0 aliphatic carbocycles. The van der Waals surface area contributed by atoms with Crippen LogP contribution in [0.5, 0.6) is 0 Å². The minimum absolute atomic E-state index is 0.139. The molecule has 0 aromatic heterocycles. The molecule has 4 saturated heterocycles. The Morgan fingerprint density at radius 3 is 2.52 bits per heavy atom. The van der Waals surface area contributed by atoms with Gasteiger partial charge in [-0.05, 0) is 25.9 Å². The molecule has 4 fully saturated rings. The van der Waals surface area contributed by atoms with Crippen LogP contribution in [0.1, 0.15) is 12.8 Å². The zero-order valence-corrected chi connectivity index (χ0v) is 19.9. The summed E-state index contributed by atoms with van der Waals surface area (Å²) < 4.78 is 55.0. The van der Waals surface area contributed by atoms with Crippen molar-refractivity contribution in [1.82, 2.24) is 35.6 Å². The molecule has 4 heterocycles. The van der Waals surface area contributed by atoms with Crippen LogP contribution >= 0.6 is 0 Å². The smallest absolute Gasteiger partial charge is 0.229 e. The highest BCUT2D eigenvalue weighted by Crippen LogP contribution is 2.26. The lowest BCUT2D eigenvalue weighted by molar-refractivity contribution is -0.128. The second-order valence-electron chi connectivity index (χ2n) is 9.63. The van der Waals surface area contributed by atoms with E-state index in [1.165, 1.54) is 18.4 Å². The second kappa shape index (κ2) is 9.93. The van der Waals surface area contributed by atoms with Gasteiger partial charge in [-0.15, -0.1) is 0 Å². The fourth-order valence-electron chi connectivity index (χ4n) is 5.52. The summed E-state index contributed by atoms with van der Waals surface area (Å²) in [6.45, 7) is 1.74. The summed E-state index contributed by atoms with van der Waals surface area (Å²) >= 11 is 0. The van der Waals surface area contributed by atoms with Crippen LogP contribution < -0.4 is 27.1 Å². The molecule has 0 spiro atoms. The highest BCUT2D eigenvalue weighted by Gasteiger charge is 2.49. The number of rotatable bonds is 5. The summed E-state index contributed by atoms with van der Waals surface area (Å²) in [5, 5.41) is 10.2. The van der Waals surface area contributed by atoms with Gasteiger partial charge in [0.15, 0.2) is 0 Å². The fraction of sp³-hybridized carbons (Fsp3) is 0.947. The lowest BCUT2D eigenvalue weighted by atomic mass is 9.93. The molecule has 33 heavy (non-hydrogen) atoms. The van der Waals surface area contributed by atoms with Crippen molar-refractivity contribution in [2.45, 2.75) is 54.9 Å². The highest BCUT2D eigenvalue weighted by molar-refractivity contribution is 7.89. The van der Waals surface area contributed by atoms with E-state index < -0.39 is 57.9 Å². The molecule has 0 radical (unpaired) electrons. The molecule has 7 unspecified atom stereocenters. The average Bonchev–Trinajstić information content (AvgIpc) is 3.08. The number of hydrogen-bond acceptors (Lipinski definition) is 9. The molecule has 0 bridgehead atoms. The van der Waals surface area contributed by atoms with Gasteiger partial charge in [0, 0.05) is 40.3 Å². The van der Waals surface area contributed by atoms with E-state index in [4.69, 9.17) is 5.73 Å². The monoisotopic (exact) mass is 494 g/mol. The Labute approximate surface area is 193 Å². The molecule has 7 atom stereocenters. The first-order valence-electron chi connectivity index (χ1n) is 11.6. The topological polar surface area (TPSA) is 135 Å². The minimum Gasteiger partial charge on any atom is -0.350 e. The van der Waals surface area contributed by atoms with Crippen LogP contribution in [0.4, 0.5) is 8.78 Å². The lowest BCUT2D eigenvalue weighted by Gasteiger charge is -2.45. The van der Waals surface area contributed by atoms with E-state index in [0.717, 1.165) is 0 Å². The predicted octanol–water partition coefficient (Wildman–Crippen LogP) is -2.87. The molecule has 4 aliphatic heterocycles. The lowest BCUT2D eigenvalue weighted by Crippen LogP contribution is -2.67. The number of alkyl halides is 2. The molecule has 1 amide bonds. The molecule has 4 rings (SSSR count). The van der Waals surface area contributed by atoms with Crippen molar-refractivity contribution in [3.63, 3.8) is 0 Å². The summed E-state index contributed by atoms with van der Waals surface area (Å²) in [5.41, 5.74) is 9.09. The predicted molar refractivity (Wildman–Crippen MR) is 119 cm³/mol. The van der Waals surface area contributed by atoms with Crippen LogP contribution in [0, 0.1) is 5.92 Å². The van der Waals surface area contributed by atoms with E-state index in [0.29, 0.717) is 32.5 Å². The largest absolute Gasteiger partial charge is 0.350 e. The van der Waals surface area contributed by atoms with Gasteiger partial charge in [-0.1, -0.05) is 0 Å². The zero-order chi connectivity index (χ0) is 23.9. The Morgan fingerprint density at radius 2 is 1.85 bits per heavy atom. The van der Waals surface area contributed by atoms with Gasteiger partial charge in [-0.3, -0.25) is 15.0 Å². The van der Waals surface area contributed by atoms with Gasteiger partial charge in [0.25, 0.3) is 0 Å². The number of nitrogens with one attached hydrogen (secondary N) is 4. The van der Waals surface area contributed by atoms with E-state index in [1.807, 2.05) is 4.90 Å². The van der Waals surface area contributed by atoms with Crippen molar-refractivity contribution in [3.05, 3.63) is 0 Å². The Kier molecular flexibility index (Phi) is 7.56. The van der Waals surface area contributed by atoms with Crippen LogP contribution in [0.3, 0.4) is 0 Å². The van der Waals surface area contributed by atoms with Gasteiger partial charge in [0.1, 0.15) is 12.3 Å². The summed E-state index contributed by atoms with van der Waals surface area (Å²) in [7, 11) is -0.313. The van der Waals surface area contributed by atoms with Gasteiger partial charge in [0.05, 0.1) is 35.6 Å². The summed E-state index contributed by atoms with van der Waals surface area (Å²) in [6.07, 6.45) is -2.55. The normalized spacial score (nSPS) is 39.5. The Morgan fingerprint density at radius 1 is 1.15 bits per heavy atom. The Balaban J connectivity index is 1.41. The van der Waals surface area contributed by atoms with Gasteiger partial charge < -0.3 is 16.4 Å². The van der Waals surface area contributed by atoms with Crippen molar-refractivity contribution in [1.29, 1.82) is 0 Å². The van der Waals surface area contributed by atoms with Crippen LogP contribution in [0.2, 0.25) is 0 Å². The third-order valence-electron chi connectivity index (χ3n) is 7.27. The first-order valence-corrected chi connectivity index (χ1v) is 13.1. The first kappa shape index (κ1) is 25.1. The second-order valence-corrected chi connectivity index (χ2v) is 12.1. The fourth-order valence-corrected chi connectivity index (χ4v) is 6.92. The number of fused-ring (bicyclic) bond motifs is 1. The van der Waals surface area contributed by atoms with Crippen LogP contribution in [0.15, 0.2) is 0 Å². The summed E-state index contributed by atoms with van der Waals surface area (Å²) in [4.78, 5) is 15.2. The van der Waals surface area contributed by atoms with Crippen molar-refractivity contribution in [3.8, 4) is 0 Å². The molecular formula is C19H36F2N8O3S. The maximum atomic E-state index is 15.1. The number of likely N-dealkylation sites (tertiary alicyclic amines) is 1. The number of hydrazine groups is 1. The number of hydrogen-bond donors (Lipinski definition) is 5. The van der Waals surface area contributed by atoms with Crippen molar-refractivity contribution < 1.29 is 22.0 Å². The van der Waals surface area contributed by atoms with E-state index in [1.54, 1.807) is 5.01 Å². The number of halogens is 2. The van der Waals surface area contributed by atoms with Crippen molar-refractivity contribution in [2.24, 2.45) is 11.7 Å². The molecule has 190 valence electrons. The van der Waals surface area contributed by atoms with Gasteiger partial charge >= 0.3 is 0 Å². The zero-order valence-electron chi connectivity index (χ0n) is 19.1. The summed E-state index contributed by atoms with van der Waals surface area (Å²) in [5.74, 6) is -0.975. The van der Waals surface area contributed by atoms with E-state index in [2.05, 4.69) is 21.4 Å². The molecule has 0 aromatic rings. The van der Waals surface area contributed by atoms with Crippen molar-refractivity contribution in [2.75, 3.05) is 53.4 Å². The Bertz CT molecular complexity index is 813. The number of carbonyl (C=O) groups excluding carboxylic acids is 1. The number of piperidine rings is 2. The number of sulfonamides is 1. The van der Waals surface area contributed by atoms with Gasteiger partial charge in [0.2, 0.25) is 15.9 Å². The first-order chi connectivity index (χ1) is 15.6. The van der Waals surface area contributed by atoms with Crippen molar-refractivity contribution >= 4 is 15.9 Å². The van der Waals surface area contributed by atoms with E-state index in [9.17, 15) is 17.6 Å². The highest BCUT2D eigenvalue weighted by atomic mass is 32.2. The van der Waals surface area contributed by atoms with Gasteiger partial charge in [-0.25, -0.2) is 31.9 Å². The van der Waals surface area contributed by atoms with E-state index in [-0.39, 0.29) is 25.5 Å². The average molecular weight is 495 g/mol. The number of nitrogens with two attached hydrogens (primary N) is 1. The third-order valence-corrected chi connectivity index (χ3v) is 9.60. The molecule has 0 saturated carbocycles. The minimum atomic E-state index is -3.36. The maximum absolute atomic E-state index is 15.1. The third kappa shape index (κ3) is 5.03. The number of carbonyl (C=O) groups is 1. The summed E-state index contributed by atoms with van der Waals surface area (Å²) in [6, 6.07) is -1.06. The quantitative estimate of drug-likeness (QED) is 0.273. The molecule has 0 aromatic carbocycles. The molecule has 4 aliphatic rings. The molecular weight excluding hydrogens is 458 g/mol. The molecule has 6 N–H and O–H groups in total. The van der Waals surface area contributed by atoms with Crippen LogP contribution in [-0.4, -0.2) is 124 Å². The molecule has 11 nitrogen and oxygen atoms in total. The molecule has 14 heteroatoms. The maximum Gasteiger partial charge on any atom is 0.229 e. The number of nitrogens with zero attached hydrogens (tertiary/aromatic N) is 3. The standard InChI is InChI=1S/C19H36F2N8O3S/c1-27(2)33(31,32)12-3-5-28(6-4-12)16-13(21)8-23-9-14(16)25-19(30)15-17(22)26-29-10-11(20)7-24-18(15)29/h11-18,23-24,26H,3-10,22H2,1-2H3,(H,25,30). The van der Waals surface area contributed by atoms with E-state index >= 15 is 4.39 Å². The van der Waals surface area contributed by atoms with Gasteiger partial charge in [-0.2, -0.15) is 0 Å². The number of amides is 1. The van der Waals surface area contributed by atoms with Crippen LogP contribution in [-0.2, 0) is 14.8 Å². The SMILES string of the molecule is CN(C)S(=O)(=O)C1CCN(C2C(F)CNCC2NC(=O)C2C(N)NN3CC(F)CNC23)CC1.